The highest BCUT2D eigenvalue weighted by Crippen LogP contribution is 2.25. The Morgan fingerprint density at radius 1 is 1.30 bits per heavy atom. The summed E-state index contributed by atoms with van der Waals surface area (Å²) < 4.78 is 1.48. The molecular weight excluding hydrogens is 364 g/mol. The maximum absolute atomic E-state index is 11.9. The first-order valence-electron chi connectivity index (χ1n) is 5.36. The lowest BCUT2D eigenvalue weighted by Gasteiger charge is -2.00. The van der Waals surface area contributed by atoms with Crippen molar-refractivity contribution in [3.05, 3.63) is 34.3 Å². The van der Waals surface area contributed by atoms with E-state index in [2.05, 4.69) is 31.4 Å². The minimum absolute atomic E-state index is 0.134. The van der Waals surface area contributed by atoms with Crippen LogP contribution in [-0.2, 0) is 4.79 Å². The smallest absolute Gasteiger partial charge is 0.257 e. The molecule has 0 bridgehead atoms. The summed E-state index contributed by atoms with van der Waals surface area (Å²) in [6.45, 7) is 0. The molecule has 2 amide bonds. The lowest BCUT2D eigenvalue weighted by Crippen LogP contribution is -2.12. The topological polar surface area (TPSA) is 98.0 Å². The number of hydrogen-bond donors (Lipinski definition) is 2. The maximum atomic E-state index is 11.9. The quantitative estimate of drug-likeness (QED) is 0.618. The van der Waals surface area contributed by atoms with Crippen LogP contribution in [0, 0.1) is 0 Å². The summed E-state index contributed by atoms with van der Waals surface area (Å²) in [6, 6.07) is 6.96. The zero-order valence-corrected chi connectivity index (χ0v) is 13.2. The average Bonchev–Trinajstić information content (AvgIpc) is 2.84. The van der Waals surface area contributed by atoms with Gasteiger partial charge in [-0.2, -0.15) is 0 Å². The molecule has 1 heterocycles. The molecule has 0 aliphatic heterocycles. The van der Waals surface area contributed by atoms with Crippen molar-refractivity contribution in [3.8, 4) is 0 Å². The normalized spacial score (nSPS) is 10.2. The number of nitrogens with one attached hydrogen (secondary N) is 1. The van der Waals surface area contributed by atoms with Gasteiger partial charge in [0.2, 0.25) is 11.0 Å². The van der Waals surface area contributed by atoms with Gasteiger partial charge in [0, 0.05) is 10.0 Å². The molecule has 0 fully saturated rings. The molecule has 9 heteroatoms. The predicted molar refractivity (Wildman–Crippen MR) is 81.9 cm³/mol. The molecule has 0 spiro atoms. The molecule has 2 aromatic rings. The number of halogens is 1. The number of benzene rings is 1. The fourth-order valence-corrected chi connectivity index (χ4v) is 2.97. The van der Waals surface area contributed by atoms with Gasteiger partial charge in [-0.15, -0.1) is 10.2 Å². The van der Waals surface area contributed by atoms with E-state index in [-0.39, 0.29) is 11.7 Å². The Morgan fingerprint density at radius 2 is 2.00 bits per heavy atom. The highest BCUT2D eigenvalue weighted by atomic mass is 79.9. The van der Waals surface area contributed by atoms with Crippen molar-refractivity contribution in [2.45, 2.75) is 4.34 Å². The van der Waals surface area contributed by atoms with E-state index in [1.165, 1.54) is 23.1 Å². The standard InChI is InChI=1S/C11H9BrN4O2S2/c12-7-3-1-6(2-4-7)9(18)14-10-15-16-11(20-10)19-5-8(13)17/h1-4H,5H2,(H2,13,17)(H,14,15,18). The van der Waals surface area contributed by atoms with E-state index in [9.17, 15) is 9.59 Å². The lowest BCUT2D eigenvalue weighted by molar-refractivity contribution is -0.115. The fraction of sp³-hybridized carbons (Fsp3) is 0.0909. The van der Waals surface area contributed by atoms with Crippen LogP contribution >= 0.6 is 39.0 Å². The molecule has 2 rings (SSSR count). The third-order valence-corrected chi connectivity index (χ3v) is 4.59. The number of thioether (sulfide) groups is 1. The zero-order valence-electron chi connectivity index (χ0n) is 10.00. The van der Waals surface area contributed by atoms with E-state index in [0.717, 1.165) is 4.47 Å². The van der Waals surface area contributed by atoms with E-state index < -0.39 is 5.91 Å². The first kappa shape index (κ1) is 14.9. The SMILES string of the molecule is NC(=O)CSc1nnc(NC(=O)c2ccc(Br)cc2)s1. The third-order valence-electron chi connectivity index (χ3n) is 2.07. The summed E-state index contributed by atoms with van der Waals surface area (Å²) in [5.41, 5.74) is 5.56. The van der Waals surface area contributed by atoms with Crippen molar-refractivity contribution < 1.29 is 9.59 Å². The Labute approximate surface area is 131 Å². The van der Waals surface area contributed by atoms with Gasteiger partial charge in [-0.25, -0.2) is 0 Å². The van der Waals surface area contributed by atoms with E-state index in [1.54, 1.807) is 24.3 Å². The summed E-state index contributed by atoms with van der Waals surface area (Å²) in [7, 11) is 0. The molecule has 6 nitrogen and oxygen atoms in total. The number of anilines is 1. The second-order valence-electron chi connectivity index (χ2n) is 3.59. The third kappa shape index (κ3) is 4.29. The Balaban J connectivity index is 1.97. The maximum Gasteiger partial charge on any atom is 0.257 e. The van der Waals surface area contributed by atoms with Crippen LogP contribution in [0.4, 0.5) is 5.13 Å². The van der Waals surface area contributed by atoms with Crippen LogP contribution in [0.15, 0.2) is 33.1 Å². The number of carbonyl (C=O) groups is 2. The number of amides is 2. The summed E-state index contributed by atoms with van der Waals surface area (Å²) in [4.78, 5) is 22.6. The molecule has 0 aliphatic rings. The van der Waals surface area contributed by atoms with Crippen molar-refractivity contribution in [1.29, 1.82) is 0 Å². The van der Waals surface area contributed by atoms with Crippen LogP contribution in [0.5, 0.6) is 0 Å². The number of nitrogens with zero attached hydrogens (tertiary/aromatic N) is 2. The van der Waals surface area contributed by atoms with Crippen LogP contribution in [-0.4, -0.2) is 27.8 Å². The number of hydrogen-bond acceptors (Lipinski definition) is 6. The molecule has 0 saturated heterocycles. The van der Waals surface area contributed by atoms with Crippen molar-refractivity contribution in [1.82, 2.24) is 10.2 Å². The molecule has 0 atom stereocenters. The second-order valence-corrected chi connectivity index (χ2v) is 6.70. The van der Waals surface area contributed by atoms with Gasteiger partial charge in [0.05, 0.1) is 5.75 Å². The molecular formula is C11H9BrN4O2S2. The predicted octanol–water partition coefficient (Wildman–Crippen LogP) is 2.13. The zero-order chi connectivity index (χ0) is 14.5. The number of carbonyl (C=O) groups excluding carboxylic acids is 2. The van der Waals surface area contributed by atoms with Gasteiger partial charge in [-0.1, -0.05) is 39.0 Å². The number of nitrogens with two attached hydrogens (primary N) is 1. The van der Waals surface area contributed by atoms with Gasteiger partial charge >= 0.3 is 0 Å². The van der Waals surface area contributed by atoms with Crippen molar-refractivity contribution in [2.24, 2.45) is 5.73 Å². The second kappa shape index (κ2) is 6.82. The van der Waals surface area contributed by atoms with Crippen molar-refractivity contribution in [3.63, 3.8) is 0 Å². The number of rotatable bonds is 5. The van der Waals surface area contributed by atoms with E-state index in [0.29, 0.717) is 15.0 Å². The van der Waals surface area contributed by atoms with Crippen molar-refractivity contribution >= 4 is 56.0 Å². The monoisotopic (exact) mass is 372 g/mol. The Bertz CT molecular complexity index is 630. The average molecular weight is 373 g/mol. The first-order chi connectivity index (χ1) is 9.54. The minimum Gasteiger partial charge on any atom is -0.369 e. The Morgan fingerprint density at radius 3 is 2.65 bits per heavy atom. The van der Waals surface area contributed by atoms with Crippen LogP contribution in [0.25, 0.3) is 0 Å². The van der Waals surface area contributed by atoms with Gasteiger partial charge in [-0.05, 0) is 24.3 Å². The molecule has 0 radical (unpaired) electrons. The van der Waals surface area contributed by atoms with Gasteiger partial charge in [0.25, 0.3) is 5.91 Å². The van der Waals surface area contributed by atoms with E-state index in [4.69, 9.17) is 5.73 Å². The lowest BCUT2D eigenvalue weighted by atomic mass is 10.2. The minimum atomic E-state index is -0.425. The molecule has 0 aliphatic carbocycles. The van der Waals surface area contributed by atoms with Gasteiger partial charge < -0.3 is 5.73 Å². The summed E-state index contributed by atoms with van der Waals surface area (Å²) in [6.07, 6.45) is 0. The largest absolute Gasteiger partial charge is 0.369 e. The molecule has 3 N–H and O–H groups in total. The highest BCUT2D eigenvalue weighted by molar-refractivity contribution is 9.10. The summed E-state index contributed by atoms with van der Waals surface area (Å²) in [5, 5.41) is 10.7. The Hall–Kier alpha value is -1.45. The van der Waals surface area contributed by atoms with E-state index in [1.807, 2.05) is 0 Å². The van der Waals surface area contributed by atoms with Gasteiger partial charge in [0.1, 0.15) is 0 Å². The van der Waals surface area contributed by atoms with Crippen LogP contribution in [0.2, 0.25) is 0 Å². The van der Waals surface area contributed by atoms with Crippen molar-refractivity contribution in [2.75, 3.05) is 11.1 Å². The highest BCUT2D eigenvalue weighted by Gasteiger charge is 2.11. The van der Waals surface area contributed by atoms with E-state index >= 15 is 0 Å². The number of primary amides is 1. The van der Waals surface area contributed by atoms with Crippen LogP contribution < -0.4 is 11.1 Å². The van der Waals surface area contributed by atoms with Crippen LogP contribution in [0.3, 0.4) is 0 Å². The molecule has 20 heavy (non-hydrogen) atoms. The number of aromatic nitrogens is 2. The molecule has 1 aromatic heterocycles. The molecule has 0 unspecified atom stereocenters. The summed E-state index contributed by atoms with van der Waals surface area (Å²) >= 11 is 5.68. The Kier molecular flexibility index (Phi) is 5.10. The van der Waals surface area contributed by atoms with Gasteiger partial charge in [0.15, 0.2) is 4.34 Å². The molecule has 1 aromatic carbocycles. The molecule has 104 valence electrons. The van der Waals surface area contributed by atoms with Crippen LogP contribution in [0.1, 0.15) is 10.4 Å². The summed E-state index contributed by atoms with van der Waals surface area (Å²) in [5.74, 6) is -0.555. The fourth-order valence-electron chi connectivity index (χ4n) is 1.22. The first-order valence-corrected chi connectivity index (χ1v) is 7.95. The molecule has 0 saturated carbocycles. The van der Waals surface area contributed by atoms with Gasteiger partial charge in [-0.3, -0.25) is 14.9 Å².